The van der Waals surface area contributed by atoms with Crippen molar-refractivity contribution in [3.05, 3.63) is 46.2 Å². The number of para-hydroxylation sites is 2. The minimum atomic E-state index is -0.0572. The van der Waals surface area contributed by atoms with Crippen LogP contribution >= 0.6 is 11.3 Å². The largest absolute Gasteiger partial charge is 0.378 e. The highest BCUT2D eigenvalue weighted by Gasteiger charge is 2.15. The molecular formula is C17H20N4O2S. The predicted molar refractivity (Wildman–Crippen MR) is 94.2 cm³/mol. The van der Waals surface area contributed by atoms with Crippen LogP contribution in [0.2, 0.25) is 0 Å². The summed E-state index contributed by atoms with van der Waals surface area (Å²) in [6.45, 7) is 1.10. The van der Waals surface area contributed by atoms with Gasteiger partial charge in [0.05, 0.1) is 17.6 Å². The quantitative estimate of drug-likeness (QED) is 0.715. The van der Waals surface area contributed by atoms with E-state index in [0.717, 1.165) is 34.7 Å². The van der Waals surface area contributed by atoms with Gasteiger partial charge < -0.3 is 14.6 Å². The molecule has 0 saturated heterocycles. The molecule has 6 nitrogen and oxygen atoms in total. The lowest BCUT2D eigenvalue weighted by molar-refractivity contribution is 0.0787. The second-order valence-electron chi connectivity index (χ2n) is 5.59. The summed E-state index contributed by atoms with van der Waals surface area (Å²) in [6, 6.07) is 7.97. The smallest absolute Gasteiger partial charge is 0.273 e. The SMILES string of the molecule is COCc1nc(C(=O)N(C)CCCc2nc3ccccc3[nH]2)cs1. The zero-order valence-corrected chi connectivity index (χ0v) is 14.6. The summed E-state index contributed by atoms with van der Waals surface area (Å²) in [5, 5.41) is 2.60. The van der Waals surface area contributed by atoms with Crippen molar-refractivity contribution in [3.8, 4) is 0 Å². The molecule has 0 aliphatic carbocycles. The Bertz CT molecular complexity index is 794. The molecule has 2 heterocycles. The van der Waals surface area contributed by atoms with E-state index >= 15 is 0 Å². The first kappa shape index (κ1) is 16.6. The molecule has 0 aliphatic heterocycles. The molecule has 0 atom stereocenters. The fraction of sp³-hybridized carbons (Fsp3) is 0.353. The van der Waals surface area contributed by atoms with Gasteiger partial charge >= 0.3 is 0 Å². The van der Waals surface area contributed by atoms with Crippen molar-refractivity contribution < 1.29 is 9.53 Å². The van der Waals surface area contributed by atoms with E-state index in [9.17, 15) is 4.79 Å². The Labute approximate surface area is 144 Å². The number of aryl methyl sites for hydroxylation is 1. The van der Waals surface area contributed by atoms with Gasteiger partial charge in [-0.05, 0) is 18.6 Å². The minimum absolute atomic E-state index is 0.0572. The van der Waals surface area contributed by atoms with Crippen LogP contribution in [-0.2, 0) is 17.8 Å². The zero-order chi connectivity index (χ0) is 16.9. The molecule has 0 saturated carbocycles. The number of fused-ring (bicyclic) bond motifs is 1. The summed E-state index contributed by atoms with van der Waals surface area (Å²) in [5.41, 5.74) is 2.51. The van der Waals surface area contributed by atoms with Gasteiger partial charge in [-0.25, -0.2) is 9.97 Å². The fourth-order valence-corrected chi connectivity index (χ4v) is 3.24. The van der Waals surface area contributed by atoms with Gasteiger partial charge in [-0.2, -0.15) is 0 Å². The summed E-state index contributed by atoms with van der Waals surface area (Å²) < 4.78 is 5.03. The molecule has 7 heteroatoms. The van der Waals surface area contributed by atoms with Crippen LogP contribution in [0.15, 0.2) is 29.6 Å². The number of nitrogens with zero attached hydrogens (tertiary/aromatic N) is 3. The van der Waals surface area contributed by atoms with Gasteiger partial charge in [-0.15, -0.1) is 11.3 Å². The number of methoxy groups -OCH3 is 1. The Kier molecular flexibility index (Phi) is 5.22. The fourth-order valence-electron chi connectivity index (χ4n) is 2.50. The lowest BCUT2D eigenvalue weighted by Gasteiger charge is -2.15. The normalized spacial score (nSPS) is 11.1. The zero-order valence-electron chi connectivity index (χ0n) is 13.8. The molecule has 0 unspecified atom stereocenters. The molecule has 1 aromatic carbocycles. The molecule has 0 fully saturated rings. The van der Waals surface area contributed by atoms with Crippen molar-refractivity contribution in [1.82, 2.24) is 19.9 Å². The topological polar surface area (TPSA) is 71.1 Å². The van der Waals surface area contributed by atoms with Crippen LogP contribution in [0.4, 0.5) is 0 Å². The van der Waals surface area contributed by atoms with E-state index in [1.165, 1.54) is 11.3 Å². The van der Waals surface area contributed by atoms with E-state index in [4.69, 9.17) is 4.74 Å². The highest BCUT2D eigenvalue weighted by Crippen LogP contribution is 2.14. The standard InChI is InChI=1S/C17H20N4O2S/c1-21(17(22)14-11-24-16(20-14)10-23-2)9-5-8-15-18-12-6-3-4-7-13(12)19-15/h3-4,6-7,11H,5,8-10H2,1-2H3,(H,18,19). The molecule has 0 bridgehead atoms. The molecule has 3 aromatic rings. The van der Waals surface area contributed by atoms with Gasteiger partial charge in [0.25, 0.3) is 5.91 Å². The summed E-state index contributed by atoms with van der Waals surface area (Å²) in [6.07, 6.45) is 1.65. The highest BCUT2D eigenvalue weighted by molar-refractivity contribution is 7.09. The first-order chi connectivity index (χ1) is 11.7. The Morgan fingerprint density at radius 1 is 1.33 bits per heavy atom. The molecule has 0 aliphatic rings. The van der Waals surface area contributed by atoms with Gasteiger partial charge in [0.1, 0.15) is 16.5 Å². The number of aromatic nitrogens is 3. The summed E-state index contributed by atoms with van der Waals surface area (Å²) in [4.78, 5) is 26.2. The second kappa shape index (κ2) is 7.55. The van der Waals surface area contributed by atoms with Gasteiger partial charge in [0, 0.05) is 32.5 Å². The molecule has 24 heavy (non-hydrogen) atoms. The average molecular weight is 344 g/mol. The third-order valence-electron chi connectivity index (χ3n) is 3.73. The number of imidazole rings is 1. The number of nitrogens with one attached hydrogen (secondary N) is 1. The predicted octanol–water partition coefficient (Wildman–Crippen LogP) is 2.87. The van der Waals surface area contributed by atoms with E-state index in [0.29, 0.717) is 18.8 Å². The number of rotatable bonds is 7. The van der Waals surface area contributed by atoms with E-state index in [2.05, 4.69) is 15.0 Å². The molecule has 0 spiro atoms. The van der Waals surface area contributed by atoms with Crippen molar-refractivity contribution in [1.29, 1.82) is 0 Å². The lowest BCUT2D eigenvalue weighted by atomic mass is 10.2. The molecule has 1 N–H and O–H groups in total. The highest BCUT2D eigenvalue weighted by atomic mass is 32.1. The van der Waals surface area contributed by atoms with Crippen LogP contribution in [-0.4, -0.2) is 46.5 Å². The number of carbonyl (C=O) groups excluding carboxylic acids is 1. The summed E-state index contributed by atoms with van der Waals surface area (Å²) in [7, 11) is 3.42. The van der Waals surface area contributed by atoms with Crippen LogP contribution in [0.3, 0.4) is 0 Å². The van der Waals surface area contributed by atoms with Crippen LogP contribution in [0.25, 0.3) is 11.0 Å². The van der Waals surface area contributed by atoms with Crippen molar-refractivity contribution in [2.45, 2.75) is 19.4 Å². The van der Waals surface area contributed by atoms with Crippen molar-refractivity contribution in [3.63, 3.8) is 0 Å². The van der Waals surface area contributed by atoms with Gasteiger partial charge in [0.2, 0.25) is 0 Å². The molecular weight excluding hydrogens is 324 g/mol. The second-order valence-corrected chi connectivity index (χ2v) is 6.53. The minimum Gasteiger partial charge on any atom is -0.378 e. The van der Waals surface area contributed by atoms with Crippen molar-refractivity contribution >= 4 is 28.3 Å². The maximum absolute atomic E-state index is 12.4. The number of amides is 1. The number of H-pyrrole nitrogens is 1. The number of carbonyl (C=O) groups is 1. The van der Waals surface area contributed by atoms with Crippen molar-refractivity contribution in [2.24, 2.45) is 0 Å². The van der Waals surface area contributed by atoms with E-state index in [1.807, 2.05) is 24.3 Å². The number of benzene rings is 1. The maximum atomic E-state index is 12.4. The van der Waals surface area contributed by atoms with Gasteiger partial charge in [0.15, 0.2) is 0 Å². The Hall–Kier alpha value is -2.25. The number of hydrogen-bond donors (Lipinski definition) is 1. The van der Waals surface area contributed by atoms with E-state index in [1.54, 1.807) is 24.4 Å². The first-order valence-corrected chi connectivity index (χ1v) is 8.68. The summed E-state index contributed by atoms with van der Waals surface area (Å²) >= 11 is 1.44. The molecule has 0 radical (unpaired) electrons. The number of hydrogen-bond acceptors (Lipinski definition) is 5. The Balaban J connectivity index is 1.52. The number of aromatic amines is 1. The lowest BCUT2D eigenvalue weighted by Crippen LogP contribution is -2.28. The van der Waals surface area contributed by atoms with Gasteiger partial charge in [-0.1, -0.05) is 12.1 Å². The van der Waals surface area contributed by atoms with Crippen LogP contribution < -0.4 is 0 Å². The molecule has 126 valence electrons. The molecule has 3 rings (SSSR count). The Morgan fingerprint density at radius 3 is 2.96 bits per heavy atom. The average Bonchev–Trinajstić information content (AvgIpc) is 3.20. The van der Waals surface area contributed by atoms with Crippen LogP contribution in [0.5, 0.6) is 0 Å². The third-order valence-corrected chi connectivity index (χ3v) is 4.55. The van der Waals surface area contributed by atoms with E-state index in [-0.39, 0.29) is 5.91 Å². The number of ether oxygens (including phenoxy) is 1. The first-order valence-electron chi connectivity index (χ1n) is 7.80. The third kappa shape index (κ3) is 3.80. The van der Waals surface area contributed by atoms with Gasteiger partial charge in [-0.3, -0.25) is 4.79 Å². The van der Waals surface area contributed by atoms with E-state index < -0.39 is 0 Å². The number of thiazole rings is 1. The van der Waals surface area contributed by atoms with Crippen LogP contribution in [0.1, 0.15) is 27.7 Å². The summed E-state index contributed by atoms with van der Waals surface area (Å²) in [5.74, 6) is 0.895. The monoisotopic (exact) mass is 344 g/mol. The maximum Gasteiger partial charge on any atom is 0.273 e. The van der Waals surface area contributed by atoms with Crippen molar-refractivity contribution in [2.75, 3.05) is 20.7 Å². The van der Waals surface area contributed by atoms with Crippen LogP contribution in [0, 0.1) is 0 Å². The molecule has 1 amide bonds. The Morgan fingerprint density at radius 2 is 2.17 bits per heavy atom. The molecule has 2 aromatic heterocycles.